The third kappa shape index (κ3) is 3.25. The molecule has 1 aliphatic heterocycles. The Morgan fingerprint density at radius 3 is 2.94 bits per heavy atom. The molecule has 0 aromatic heterocycles. The fourth-order valence-electron chi connectivity index (χ4n) is 2.55. The van der Waals surface area contributed by atoms with Gasteiger partial charge in [0.1, 0.15) is 0 Å². The monoisotopic (exact) mass is 312 g/mol. The van der Waals surface area contributed by atoms with Crippen LogP contribution in [0.4, 0.5) is 5.69 Å². The summed E-state index contributed by atoms with van der Waals surface area (Å²) in [7, 11) is 0. The number of halogens is 1. The summed E-state index contributed by atoms with van der Waals surface area (Å²) in [4.78, 5) is 2.37. The Morgan fingerprint density at radius 2 is 2.28 bits per heavy atom. The van der Waals surface area contributed by atoms with Gasteiger partial charge in [0.15, 0.2) is 0 Å². The van der Waals surface area contributed by atoms with E-state index in [1.807, 2.05) is 0 Å². The number of nitrogens with one attached hydrogen (secondary N) is 1. The van der Waals surface area contributed by atoms with E-state index in [1.165, 1.54) is 11.3 Å². The van der Waals surface area contributed by atoms with E-state index < -0.39 is 0 Å². The molecule has 1 aromatic carbocycles. The van der Waals surface area contributed by atoms with Crippen LogP contribution in [0.5, 0.6) is 0 Å². The molecule has 1 aromatic rings. The molecule has 1 heterocycles. The highest BCUT2D eigenvalue weighted by atomic mass is 79.9. The van der Waals surface area contributed by atoms with Crippen LogP contribution >= 0.6 is 15.9 Å². The van der Waals surface area contributed by atoms with Crippen LogP contribution in [-0.2, 0) is 0 Å². The SMILES string of the molecule is Cc1cc(Br)ccc1N1CCC(C)NC(CO)C1. The molecule has 0 aliphatic carbocycles. The minimum atomic E-state index is 0.158. The molecule has 18 heavy (non-hydrogen) atoms. The molecular formula is C14H21BrN2O. The van der Waals surface area contributed by atoms with Gasteiger partial charge in [-0.15, -0.1) is 0 Å². The number of aryl methyl sites for hydroxylation is 1. The Bertz CT molecular complexity index is 411. The van der Waals surface area contributed by atoms with Gasteiger partial charge in [-0.2, -0.15) is 0 Å². The lowest BCUT2D eigenvalue weighted by Gasteiger charge is -2.27. The molecule has 2 unspecified atom stereocenters. The summed E-state index contributed by atoms with van der Waals surface area (Å²) in [6.45, 7) is 6.41. The van der Waals surface area contributed by atoms with Crippen LogP contribution in [0, 0.1) is 6.92 Å². The van der Waals surface area contributed by atoms with E-state index in [4.69, 9.17) is 0 Å². The maximum absolute atomic E-state index is 9.42. The van der Waals surface area contributed by atoms with Gasteiger partial charge in [0, 0.05) is 35.3 Å². The second-order valence-electron chi connectivity index (χ2n) is 5.11. The van der Waals surface area contributed by atoms with Gasteiger partial charge in [-0.3, -0.25) is 0 Å². The van der Waals surface area contributed by atoms with E-state index in [-0.39, 0.29) is 12.6 Å². The topological polar surface area (TPSA) is 35.5 Å². The first-order valence-corrected chi connectivity index (χ1v) is 7.27. The Kier molecular flexibility index (Phi) is 4.65. The van der Waals surface area contributed by atoms with Gasteiger partial charge in [-0.05, 0) is 44.0 Å². The number of benzene rings is 1. The number of nitrogens with zero attached hydrogens (tertiary/aromatic N) is 1. The second-order valence-corrected chi connectivity index (χ2v) is 6.03. The molecular weight excluding hydrogens is 292 g/mol. The summed E-state index contributed by atoms with van der Waals surface area (Å²) in [5.41, 5.74) is 2.54. The van der Waals surface area contributed by atoms with Gasteiger partial charge in [0.2, 0.25) is 0 Å². The number of rotatable bonds is 2. The zero-order valence-corrected chi connectivity index (χ0v) is 12.6. The quantitative estimate of drug-likeness (QED) is 0.879. The first-order valence-electron chi connectivity index (χ1n) is 6.48. The smallest absolute Gasteiger partial charge is 0.0602 e. The molecule has 0 bridgehead atoms. The van der Waals surface area contributed by atoms with Crippen molar-refractivity contribution >= 4 is 21.6 Å². The van der Waals surface area contributed by atoms with Crippen molar-refractivity contribution in [2.24, 2.45) is 0 Å². The minimum absolute atomic E-state index is 0.158. The van der Waals surface area contributed by atoms with E-state index in [1.54, 1.807) is 0 Å². The highest BCUT2D eigenvalue weighted by Gasteiger charge is 2.21. The van der Waals surface area contributed by atoms with Gasteiger partial charge < -0.3 is 15.3 Å². The van der Waals surface area contributed by atoms with Crippen molar-refractivity contribution in [2.75, 3.05) is 24.6 Å². The zero-order chi connectivity index (χ0) is 13.1. The number of hydrogen-bond acceptors (Lipinski definition) is 3. The van der Waals surface area contributed by atoms with Gasteiger partial charge in [-0.1, -0.05) is 15.9 Å². The summed E-state index contributed by atoms with van der Waals surface area (Å²) in [6, 6.07) is 7.00. The minimum Gasteiger partial charge on any atom is -0.395 e. The molecule has 0 radical (unpaired) electrons. The molecule has 0 saturated carbocycles. The maximum Gasteiger partial charge on any atom is 0.0602 e. The molecule has 100 valence electrons. The Morgan fingerprint density at radius 1 is 1.50 bits per heavy atom. The Hall–Kier alpha value is -0.580. The van der Waals surface area contributed by atoms with Crippen molar-refractivity contribution in [3.63, 3.8) is 0 Å². The lowest BCUT2D eigenvalue weighted by Crippen LogP contribution is -2.42. The lowest BCUT2D eigenvalue weighted by molar-refractivity contribution is 0.240. The molecule has 2 rings (SSSR count). The average molecular weight is 313 g/mol. The molecule has 0 spiro atoms. The van der Waals surface area contributed by atoms with Crippen molar-refractivity contribution < 1.29 is 5.11 Å². The highest BCUT2D eigenvalue weighted by molar-refractivity contribution is 9.10. The van der Waals surface area contributed by atoms with Gasteiger partial charge in [-0.25, -0.2) is 0 Å². The number of hydrogen-bond donors (Lipinski definition) is 2. The van der Waals surface area contributed by atoms with Crippen molar-refractivity contribution in [3.8, 4) is 0 Å². The molecule has 1 aliphatic rings. The first kappa shape index (κ1) is 13.8. The summed E-state index contributed by atoms with van der Waals surface area (Å²) in [6.07, 6.45) is 1.10. The fraction of sp³-hybridized carbons (Fsp3) is 0.571. The van der Waals surface area contributed by atoms with E-state index in [2.05, 4.69) is 58.2 Å². The predicted molar refractivity (Wildman–Crippen MR) is 79.2 cm³/mol. The summed E-state index contributed by atoms with van der Waals surface area (Å²) < 4.78 is 1.11. The van der Waals surface area contributed by atoms with E-state index >= 15 is 0 Å². The third-order valence-corrected chi connectivity index (χ3v) is 4.01. The highest BCUT2D eigenvalue weighted by Crippen LogP contribution is 2.25. The van der Waals surface area contributed by atoms with Gasteiger partial charge >= 0.3 is 0 Å². The molecule has 2 atom stereocenters. The van der Waals surface area contributed by atoms with Gasteiger partial charge in [0.05, 0.1) is 6.61 Å². The van der Waals surface area contributed by atoms with Crippen LogP contribution in [0.1, 0.15) is 18.9 Å². The first-order chi connectivity index (χ1) is 8.60. The molecule has 2 N–H and O–H groups in total. The third-order valence-electron chi connectivity index (χ3n) is 3.51. The van der Waals surface area contributed by atoms with Crippen LogP contribution in [0.25, 0.3) is 0 Å². The van der Waals surface area contributed by atoms with Crippen LogP contribution < -0.4 is 10.2 Å². The second kappa shape index (κ2) is 6.04. The lowest BCUT2D eigenvalue weighted by atomic mass is 10.1. The maximum atomic E-state index is 9.42. The number of aliphatic hydroxyl groups excluding tert-OH is 1. The summed E-state index contributed by atoms with van der Waals surface area (Å²) in [5, 5.41) is 12.9. The Balaban J connectivity index is 2.20. The number of aliphatic hydroxyl groups is 1. The van der Waals surface area contributed by atoms with Crippen molar-refractivity contribution in [1.82, 2.24) is 5.32 Å². The molecule has 3 nitrogen and oxygen atoms in total. The van der Waals surface area contributed by atoms with Crippen LogP contribution in [0.2, 0.25) is 0 Å². The Labute approximate surface area is 117 Å². The molecule has 1 fully saturated rings. The van der Waals surface area contributed by atoms with Crippen molar-refractivity contribution in [2.45, 2.75) is 32.4 Å². The average Bonchev–Trinajstić information content (AvgIpc) is 2.51. The van der Waals surface area contributed by atoms with Crippen LogP contribution in [0.15, 0.2) is 22.7 Å². The fourth-order valence-corrected chi connectivity index (χ4v) is 3.02. The van der Waals surface area contributed by atoms with E-state index in [0.717, 1.165) is 24.0 Å². The predicted octanol–water partition coefficient (Wildman–Crippen LogP) is 2.31. The standard InChI is InChI=1S/C14H21BrN2O/c1-10-7-12(15)3-4-14(10)17-6-5-11(2)16-13(8-17)9-18/h3-4,7,11,13,16,18H,5-6,8-9H2,1-2H3. The van der Waals surface area contributed by atoms with E-state index in [0.29, 0.717) is 6.04 Å². The van der Waals surface area contributed by atoms with Crippen molar-refractivity contribution in [1.29, 1.82) is 0 Å². The van der Waals surface area contributed by atoms with Gasteiger partial charge in [0.25, 0.3) is 0 Å². The zero-order valence-electron chi connectivity index (χ0n) is 11.0. The van der Waals surface area contributed by atoms with Crippen LogP contribution in [-0.4, -0.2) is 36.9 Å². The molecule has 1 saturated heterocycles. The summed E-state index contributed by atoms with van der Waals surface area (Å²) >= 11 is 3.50. The normalized spacial score (nSPS) is 25.0. The van der Waals surface area contributed by atoms with Crippen LogP contribution in [0.3, 0.4) is 0 Å². The number of anilines is 1. The molecule has 4 heteroatoms. The van der Waals surface area contributed by atoms with E-state index in [9.17, 15) is 5.11 Å². The largest absolute Gasteiger partial charge is 0.395 e. The molecule has 0 amide bonds. The van der Waals surface area contributed by atoms with Crippen molar-refractivity contribution in [3.05, 3.63) is 28.2 Å². The summed E-state index contributed by atoms with van der Waals surface area (Å²) in [5.74, 6) is 0.